The summed E-state index contributed by atoms with van der Waals surface area (Å²) in [5.41, 5.74) is 25.9. The highest BCUT2D eigenvalue weighted by Gasteiger charge is 2.52. The number of hydrogen-bond donors (Lipinski definition) is 0. The Morgan fingerprint density at radius 1 is 0.246 bits per heavy atom. The van der Waals surface area contributed by atoms with E-state index in [2.05, 4.69) is 255 Å². The molecule has 0 radical (unpaired) electrons. The number of benzene rings is 10. The van der Waals surface area contributed by atoms with Gasteiger partial charge in [-0.2, -0.15) is 0 Å². The lowest BCUT2D eigenvalue weighted by Gasteiger charge is -2.33. The molecule has 65 heavy (non-hydrogen) atoms. The van der Waals surface area contributed by atoms with E-state index in [1.165, 1.54) is 100 Å². The van der Waals surface area contributed by atoms with Gasteiger partial charge in [0.25, 0.3) is 0 Å². The highest BCUT2D eigenvalue weighted by atomic mass is 15.1. The molecule has 0 aliphatic heterocycles. The van der Waals surface area contributed by atoms with E-state index in [1.807, 2.05) is 0 Å². The van der Waals surface area contributed by atoms with Crippen LogP contribution < -0.4 is 4.90 Å². The van der Waals surface area contributed by atoms with Gasteiger partial charge >= 0.3 is 0 Å². The van der Waals surface area contributed by atoms with Gasteiger partial charge in [0.2, 0.25) is 0 Å². The van der Waals surface area contributed by atoms with E-state index in [1.54, 1.807) is 0 Å². The fourth-order valence-electron chi connectivity index (χ4n) is 11.7. The average molecular weight is 828 g/mol. The summed E-state index contributed by atoms with van der Waals surface area (Å²) in [5, 5.41) is 0. The molecule has 0 N–H and O–H groups in total. The summed E-state index contributed by atoms with van der Waals surface area (Å²) in [6.45, 7) is 4.75. The number of nitrogens with zero attached hydrogens (tertiary/aromatic N) is 1. The van der Waals surface area contributed by atoms with Gasteiger partial charge in [-0.25, -0.2) is 0 Å². The molecular formula is C64H45N. The van der Waals surface area contributed by atoms with Gasteiger partial charge in [-0.3, -0.25) is 0 Å². The van der Waals surface area contributed by atoms with Gasteiger partial charge in [-0.1, -0.05) is 208 Å². The van der Waals surface area contributed by atoms with Crippen LogP contribution in [0.4, 0.5) is 17.1 Å². The minimum Gasteiger partial charge on any atom is -0.310 e. The molecule has 0 fully saturated rings. The molecule has 13 rings (SSSR count). The second-order valence-corrected chi connectivity index (χ2v) is 18.4. The Morgan fingerprint density at radius 2 is 0.615 bits per heavy atom. The first-order chi connectivity index (χ1) is 32.0. The molecule has 1 unspecified atom stereocenters. The molecule has 1 nitrogen and oxygen atoms in total. The van der Waals surface area contributed by atoms with Crippen molar-refractivity contribution in [3.05, 3.63) is 270 Å². The first-order valence-corrected chi connectivity index (χ1v) is 22.8. The summed E-state index contributed by atoms with van der Waals surface area (Å²) in [6.07, 6.45) is 0. The number of rotatable bonds is 6. The smallest absolute Gasteiger partial charge is 0.0726 e. The number of fused-ring (bicyclic) bond motifs is 13. The van der Waals surface area contributed by atoms with Crippen LogP contribution in [-0.2, 0) is 10.8 Å². The molecule has 1 spiro atoms. The Morgan fingerprint density at radius 3 is 1.23 bits per heavy atom. The minimum atomic E-state index is -0.521. The van der Waals surface area contributed by atoms with Crippen LogP contribution in [0.5, 0.6) is 0 Å². The monoisotopic (exact) mass is 827 g/mol. The first kappa shape index (κ1) is 37.5. The zero-order chi connectivity index (χ0) is 43.3. The van der Waals surface area contributed by atoms with Crippen molar-refractivity contribution in [2.75, 3.05) is 4.90 Å². The lowest BCUT2D eigenvalue weighted by Crippen LogP contribution is -2.26. The fraction of sp³-hybridized carbons (Fsp3) is 0.0625. The second kappa shape index (κ2) is 14.3. The topological polar surface area (TPSA) is 3.24 Å². The lowest BCUT2D eigenvalue weighted by atomic mass is 9.70. The maximum atomic E-state index is 2.52. The molecular weight excluding hydrogens is 783 g/mol. The van der Waals surface area contributed by atoms with Gasteiger partial charge in [-0.15, -0.1) is 0 Å². The normalized spacial score (nSPS) is 15.4. The van der Waals surface area contributed by atoms with Crippen molar-refractivity contribution in [2.24, 2.45) is 0 Å². The predicted molar refractivity (Wildman–Crippen MR) is 271 cm³/mol. The van der Waals surface area contributed by atoms with E-state index in [4.69, 9.17) is 0 Å². The second-order valence-electron chi connectivity index (χ2n) is 18.4. The maximum Gasteiger partial charge on any atom is 0.0726 e. The van der Waals surface area contributed by atoms with Crippen LogP contribution in [0.2, 0.25) is 0 Å². The molecule has 3 aliphatic carbocycles. The largest absolute Gasteiger partial charge is 0.310 e. The Balaban J connectivity index is 1.03. The van der Waals surface area contributed by atoms with Crippen LogP contribution in [0.1, 0.15) is 47.2 Å². The molecule has 1 atom stereocenters. The molecule has 0 saturated carbocycles. The van der Waals surface area contributed by atoms with Gasteiger partial charge in [0.05, 0.1) is 5.41 Å². The average Bonchev–Trinajstić information content (AvgIpc) is 3.92. The van der Waals surface area contributed by atoms with E-state index in [0.717, 1.165) is 17.1 Å². The third-order valence-electron chi connectivity index (χ3n) is 14.7. The van der Waals surface area contributed by atoms with E-state index in [0.29, 0.717) is 0 Å². The molecule has 3 aliphatic rings. The van der Waals surface area contributed by atoms with Crippen molar-refractivity contribution in [1.82, 2.24) is 0 Å². The van der Waals surface area contributed by atoms with Crippen LogP contribution in [0.3, 0.4) is 0 Å². The molecule has 10 aromatic carbocycles. The number of hydrogen-bond acceptors (Lipinski definition) is 1. The van der Waals surface area contributed by atoms with Crippen molar-refractivity contribution < 1.29 is 0 Å². The number of anilines is 3. The van der Waals surface area contributed by atoms with E-state index in [-0.39, 0.29) is 5.41 Å². The fourth-order valence-corrected chi connectivity index (χ4v) is 11.7. The Kier molecular flexibility index (Phi) is 8.24. The molecule has 0 bridgehead atoms. The zero-order valence-electron chi connectivity index (χ0n) is 36.5. The standard InChI is InChI=1S/C64H45N/c1-63(2)57-25-12-9-22-51(57)54-36-33-49(40-60(54)63)65(48-21-15-20-46(38-48)43-18-7-4-8-19-43)50-34-37-56-53-24-11-14-27-59(53)64(62(56)41-50)58-26-13-10-23-52(58)55-35-32-47(39-61(55)64)45-30-28-44(29-31-45)42-16-5-3-6-17-42/h3-41H,1-2H3. The van der Waals surface area contributed by atoms with Crippen LogP contribution >= 0.6 is 0 Å². The third kappa shape index (κ3) is 5.52. The van der Waals surface area contributed by atoms with Crippen molar-refractivity contribution >= 4 is 17.1 Å². The van der Waals surface area contributed by atoms with Crippen molar-refractivity contribution in [3.63, 3.8) is 0 Å². The molecule has 0 aromatic heterocycles. The van der Waals surface area contributed by atoms with Gasteiger partial charge in [-0.05, 0) is 143 Å². The lowest BCUT2D eigenvalue weighted by molar-refractivity contribution is 0.660. The van der Waals surface area contributed by atoms with Crippen LogP contribution in [0.25, 0.3) is 66.8 Å². The van der Waals surface area contributed by atoms with Crippen LogP contribution in [-0.4, -0.2) is 0 Å². The molecule has 1 heteroatoms. The summed E-state index contributed by atoms with van der Waals surface area (Å²) in [5.74, 6) is 0. The zero-order valence-corrected chi connectivity index (χ0v) is 36.5. The van der Waals surface area contributed by atoms with Gasteiger partial charge in [0, 0.05) is 22.5 Å². The maximum absolute atomic E-state index is 2.52. The highest BCUT2D eigenvalue weighted by Crippen LogP contribution is 2.64. The van der Waals surface area contributed by atoms with Crippen molar-refractivity contribution in [2.45, 2.75) is 24.7 Å². The van der Waals surface area contributed by atoms with Gasteiger partial charge in [0.15, 0.2) is 0 Å². The van der Waals surface area contributed by atoms with Gasteiger partial charge in [0.1, 0.15) is 0 Å². The summed E-state index contributed by atoms with van der Waals surface area (Å²) >= 11 is 0. The Bertz CT molecular complexity index is 3490. The molecule has 0 amide bonds. The third-order valence-corrected chi connectivity index (χ3v) is 14.7. The molecule has 306 valence electrons. The molecule has 0 saturated heterocycles. The first-order valence-electron chi connectivity index (χ1n) is 22.8. The van der Waals surface area contributed by atoms with E-state index in [9.17, 15) is 0 Å². The molecule has 10 aromatic rings. The van der Waals surface area contributed by atoms with E-state index < -0.39 is 5.41 Å². The van der Waals surface area contributed by atoms with E-state index >= 15 is 0 Å². The summed E-state index contributed by atoms with van der Waals surface area (Å²) in [6, 6.07) is 88.3. The quantitative estimate of drug-likeness (QED) is 0.161. The molecule has 0 heterocycles. The Hall–Kier alpha value is -8.00. The predicted octanol–water partition coefficient (Wildman–Crippen LogP) is 16.8. The Labute approximate surface area is 381 Å². The van der Waals surface area contributed by atoms with Crippen LogP contribution in [0, 0.1) is 0 Å². The highest BCUT2D eigenvalue weighted by molar-refractivity contribution is 5.97. The van der Waals surface area contributed by atoms with Crippen molar-refractivity contribution in [3.8, 4) is 66.8 Å². The van der Waals surface area contributed by atoms with Crippen LogP contribution in [0.15, 0.2) is 237 Å². The minimum absolute atomic E-state index is 0.139. The van der Waals surface area contributed by atoms with Gasteiger partial charge < -0.3 is 4.90 Å². The van der Waals surface area contributed by atoms with Crippen molar-refractivity contribution in [1.29, 1.82) is 0 Å². The summed E-state index contributed by atoms with van der Waals surface area (Å²) in [4.78, 5) is 2.50. The summed E-state index contributed by atoms with van der Waals surface area (Å²) < 4.78 is 0. The SMILES string of the molecule is CC1(C)c2ccccc2-c2ccc(N(c3cccc(-c4ccccc4)c3)c3ccc4c(c3)C3(c5ccccc5-c5ccc(-c6ccc(-c7ccccc7)cc6)cc53)c3ccccc3-4)cc21. The summed E-state index contributed by atoms with van der Waals surface area (Å²) in [7, 11) is 0.